The monoisotopic (exact) mass is 478 g/mol. The Morgan fingerprint density at radius 2 is 2.06 bits per heavy atom. The van der Waals surface area contributed by atoms with Crippen molar-refractivity contribution in [3.8, 4) is 0 Å². The lowest BCUT2D eigenvalue weighted by Crippen LogP contribution is -2.36. The number of hydrogen-bond donors (Lipinski definition) is 2. The molecule has 4 rings (SSSR count). The normalized spacial score (nSPS) is 15.2. The standard InChI is InChI=1S/C21H24Cl2N6O3/c1-2-28-7-5-14(6-8-28)20(31)32-12-29-18-17(11-25-29)26-21(27-19(18)30)24-10-13-3-4-15(22)16(23)9-13/h3-4,9,11,14H,2,5-8,10,12H2,1H3,(H2,24,26,27,30). The molecule has 0 unspecified atom stereocenters. The fourth-order valence-electron chi connectivity index (χ4n) is 3.75. The molecular weight excluding hydrogens is 455 g/mol. The maximum absolute atomic E-state index is 12.6. The Morgan fingerprint density at radius 3 is 2.78 bits per heavy atom. The van der Waals surface area contributed by atoms with E-state index >= 15 is 0 Å². The van der Waals surface area contributed by atoms with Crippen molar-refractivity contribution in [2.75, 3.05) is 25.0 Å². The van der Waals surface area contributed by atoms with Crippen molar-refractivity contribution in [2.24, 2.45) is 5.92 Å². The Morgan fingerprint density at radius 1 is 1.28 bits per heavy atom. The Labute approximate surface area is 194 Å². The van der Waals surface area contributed by atoms with Gasteiger partial charge in [-0.2, -0.15) is 5.10 Å². The lowest BCUT2D eigenvalue weighted by atomic mass is 9.97. The molecule has 0 radical (unpaired) electrons. The van der Waals surface area contributed by atoms with Crippen molar-refractivity contribution in [3.05, 3.63) is 50.4 Å². The maximum Gasteiger partial charge on any atom is 0.310 e. The van der Waals surface area contributed by atoms with Crippen LogP contribution in [0.4, 0.5) is 5.95 Å². The van der Waals surface area contributed by atoms with E-state index in [2.05, 4.69) is 32.2 Å². The summed E-state index contributed by atoms with van der Waals surface area (Å²) in [6.45, 7) is 5.15. The molecule has 0 atom stereocenters. The Hall–Kier alpha value is -2.62. The van der Waals surface area contributed by atoms with Crippen LogP contribution in [0.2, 0.25) is 10.0 Å². The minimum Gasteiger partial charge on any atom is -0.442 e. The third-order valence-corrected chi connectivity index (χ3v) is 6.38. The van der Waals surface area contributed by atoms with Crippen molar-refractivity contribution in [3.63, 3.8) is 0 Å². The molecule has 1 fully saturated rings. The Balaban J connectivity index is 1.39. The van der Waals surface area contributed by atoms with Crippen molar-refractivity contribution >= 4 is 46.2 Å². The molecule has 11 heteroatoms. The second-order valence-corrected chi connectivity index (χ2v) is 8.51. The number of rotatable bonds is 7. The maximum atomic E-state index is 12.6. The number of anilines is 1. The van der Waals surface area contributed by atoms with Crippen LogP contribution in [0, 0.1) is 5.92 Å². The molecule has 0 aliphatic carbocycles. The number of carbonyl (C=O) groups is 1. The number of fused-ring (bicyclic) bond motifs is 1. The molecule has 0 bridgehead atoms. The smallest absolute Gasteiger partial charge is 0.310 e. The van der Waals surface area contributed by atoms with Crippen LogP contribution < -0.4 is 10.9 Å². The molecular formula is C21H24Cl2N6O3. The number of benzene rings is 1. The van der Waals surface area contributed by atoms with Gasteiger partial charge in [-0.1, -0.05) is 36.2 Å². The number of esters is 1. The van der Waals surface area contributed by atoms with Crippen molar-refractivity contribution in [1.82, 2.24) is 24.6 Å². The van der Waals surface area contributed by atoms with Gasteiger partial charge in [0.15, 0.2) is 12.2 Å². The zero-order valence-electron chi connectivity index (χ0n) is 17.6. The van der Waals surface area contributed by atoms with E-state index in [0.29, 0.717) is 28.1 Å². The van der Waals surface area contributed by atoms with E-state index in [9.17, 15) is 9.59 Å². The zero-order chi connectivity index (χ0) is 22.7. The fourth-order valence-corrected chi connectivity index (χ4v) is 4.07. The fraction of sp³-hybridized carbons (Fsp3) is 0.429. The first-order valence-corrected chi connectivity index (χ1v) is 11.2. The third-order valence-electron chi connectivity index (χ3n) is 5.64. The van der Waals surface area contributed by atoms with Gasteiger partial charge in [0.2, 0.25) is 5.95 Å². The van der Waals surface area contributed by atoms with Gasteiger partial charge in [-0.05, 0) is 50.2 Å². The van der Waals surface area contributed by atoms with Gasteiger partial charge in [0.05, 0.1) is 22.2 Å². The Kier molecular flexibility index (Phi) is 6.98. The Bertz CT molecular complexity index is 1170. The first-order valence-electron chi connectivity index (χ1n) is 10.5. The summed E-state index contributed by atoms with van der Waals surface area (Å²) in [7, 11) is 0. The van der Waals surface area contributed by atoms with Crippen LogP contribution >= 0.6 is 23.2 Å². The highest BCUT2D eigenvalue weighted by molar-refractivity contribution is 6.42. The van der Waals surface area contributed by atoms with E-state index < -0.39 is 0 Å². The average molecular weight is 479 g/mol. The van der Waals surface area contributed by atoms with Crippen molar-refractivity contribution < 1.29 is 9.53 Å². The summed E-state index contributed by atoms with van der Waals surface area (Å²) in [4.78, 5) is 34.4. The molecule has 170 valence electrons. The number of nitrogens with zero attached hydrogens (tertiary/aromatic N) is 4. The largest absolute Gasteiger partial charge is 0.442 e. The van der Waals surface area contributed by atoms with Crippen LogP contribution in [-0.4, -0.2) is 50.3 Å². The number of aromatic nitrogens is 4. The predicted molar refractivity (Wildman–Crippen MR) is 123 cm³/mol. The first kappa shape index (κ1) is 22.6. The van der Waals surface area contributed by atoms with Gasteiger partial charge in [0, 0.05) is 6.54 Å². The molecule has 0 spiro atoms. The van der Waals surface area contributed by atoms with E-state index in [1.165, 1.54) is 10.9 Å². The van der Waals surface area contributed by atoms with Crippen molar-refractivity contribution in [1.29, 1.82) is 0 Å². The predicted octanol–water partition coefficient (Wildman–Crippen LogP) is 3.27. The van der Waals surface area contributed by atoms with Gasteiger partial charge < -0.3 is 15.0 Å². The lowest BCUT2D eigenvalue weighted by molar-refractivity contribution is -0.154. The molecule has 2 N–H and O–H groups in total. The van der Waals surface area contributed by atoms with Gasteiger partial charge in [-0.3, -0.25) is 14.6 Å². The summed E-state index contributed by atoms with van der Waals surface area (Å²) < 4.78 is 6.79. The van der Waals surface area contributed by atoms with Crippen LogP contribution in [0.25, 0.3) is 11.0 Å². The molecule has 1 aliphatic heterocycles. The molecule has 1 aliphatic rings. The average Bonchev–Trinajstić information content (AvgIpc) is 3.22. The molecule has 3 heterocycles. The third kappa shape index (κ3) is 5.06. The lowest BCUT2D eigenvalue weighted by Gasteiger charge is -2.29. The summed E-state index contributed by atoms with van der Waals surface area (Å²) in [5.41, 5.74) is 1.15. The van der Waals surface area contributed by atoms with E-state index in [1.807, 2.05) is 6.07 Å². The van der Waals surface area contributed by atoms with Crippen LogP contribution in [-0.2, 0) is 22.8 Å². The number of carbonyl (C=O) groups excluding carboxylic acids is 1. The molecule has 2 aromatic heterocycles. The molecule has 9 nitrogen and oxygen atoms in total. The molecule has 0 amide bonds. The van der Waals surface area contributed by atoms with Gasteiger partial charge in [-0.25, -0.2) is 9.67 Å². The number of likely N-dealkylation sites (tertiary alicyclic amines) is 1. The molecule has 3 aromatic rings. The van der Waals surface area contributed by atoms with Gasteiger partial charge in [0.25, 0.3) is 5.56 Å². The van der Waals surface area contributed by atoms with E-state index in [0.717, 1.165) is 38.0 Å². The zero-order valence-corrected chi connectivity index (χ0v) is 19.1. The van der Waals surface area contributed by atoms with Crippen LogP contribution in [0.15, 0.2) is 29.2 Å². The number of H-pyrrole nitrogens is 1. The van der Waals surface area contributed by atoms with Gasteiger partial charge in [-0.15, -0.1) is 0 Å². The highest BCUT2D eigenvalue weighted by Gasteiger charge is 2.25. The number of hydrogen-bond acceptors (Lipinski definition) is 7. The number of aromatic amines is 1. The number of nitrogens with one attached hydrogen (secondary N) is 2. The second kappa shape index (κ2) is 9.89. The highest BCUT2D eigenvalue weighted by Crippen LogP contribution is 2.23. The van der Waals surface area contributed by atoms with Crippen LogP contribution in [0.3, 0.4) is 0 Å². The number of ether oxygens (including phenoxy) is 1. The quantitative estimate of drug-likeness (QED) is 0.501. The summed E-state index contributed by atoms with van der Waals surface area (Å²) >= 11 is 12.0. The van der Waals surface area contributed by atoms with Gasteiger partial charge in [0.1, 0.15) is 5.52 Å². The van der Waals surface area contributed by atoms with Crippen LogP contribution in [0.5, 0.6) is 0 Å². The summed E-state index contributed by atoms with van der Waals surface area (Å²) in [5, 5.41) is 8.15. The SMILES string of the molecule is CCN1CCC(C(=O)OCn2ncc3nc(NCc4ccc(Cl)c(Cl)c4)[nH]c(=O)c32)CC1. The van der Waals surface area contributed by atoms with Crippen LogP contribution in [0.1, 0.15) is 25.3 Å². The van der Waals surface area contributed by atoms with E-state index in [1.54, 1.807) is 12.1 Å². The summed E-state index contributed by atoms with van der Waals surface area (Å²) in [5.74, 6) is -0.0743. The van der Waals surface area contributed by atoms with E-state index in [4.69, 9.17) is 27.9 Å². The minimum atomic E-state index is -0.378. The van der Waals surface area contributed by atoms with Crippen molar-refractivity contribution in [2.45, 2.75) is 33.0 Å². The molecule has 32 heavy (non-hydrogen) atoms. The molecule has 0 saturated carbocycles. The summed E-state index contributed by atoms with van der Waals surface area (Å²) in [6, 6.07) is 5.28. The summed E-state index contributed by atoms with van der Waals surface area (Å²) in [6.07, 6.45) is 3.04. The topological polar surface area (TPSA) is 105 Å². The highest BCUT2D eigenvalue weighted by atomic mass is 35.5. The van der Waals surface area contributed by atoms with E-state index in [-0.39, 0.29) is 29.7 Å². The van der Waals surface area contributed by atoms with Gasteiger partial charge >= 0.3 is 5.97 Å². The molecule has 1 aromatic carbocycles. The second-order valence-electron chi connectivity index (χ2n) is 7.70. The first-order chi connectivity index (χ1) is 15.4. The molecule has 1 saturated heterocycles. The minimum absolute atomic E-state index is 0.117. The number of piperidine rings is 1. The number of halogens is 2.